The van der Waals surface area contributed by atoms with Gasteiger partial charge in [0.25, 0.3) is 17.5 Å². The van der Waals surface area contributed by atoms with Crippen molar-refractivity contribution in [3.63, 3.8) is 0 Å². The summed E-state index contributed by atoms with van der Waals surface area (Å²) in [6.07, 6.45) is -3.86. The zero-order valence-corrected chi connectivity index (χ0v) is 16.1. The fourth-order valence-corrected chi connectivity index (χ4v) is 3.45. The van der Waals surface area contributed by atoms with Crippen molar-refractivity contribution in [1.82, 2.24) is 19.9 Å². The molecule has 2 amide bonds. The molecule has 0 bridgehead atoms. The maximum atomic E-state index is 14.4. The van der Waals surface area contributed by atoms with Crippen molar-refractivity contribution < 1.29 is 27.5 Å². The van der Waals surface area contributed by atoms with Gasteiger partial charge >= 0.3 is 6.18 Å². The van der Waals surface area contributed by atoms with Gasteiger partial charge in [-0.1, -0.05) is 0 Å². The molecule has 3 heterocycles. The number of fused-ring (bicyclic) bond motifs is 3. The SMILES string of the molecule is COc1ncccc1C(=O)NC1(C(F)(F)F)C(=O)Nc2nc3cc(C)c(C)cc3n21. The number of nitrogens with one attached hydrogen (secondary N) is 2. The van der Waals surface area contributed by atoms with E-state index in [9.17, 15) is 22.8 Å². The number of halogens is 3. The molecule has 0 aliphatic carbocycles. The third-order valence-electron chi connectivity index (χ3n) is 5.07. The maximum absolute atomic E-state index is 14.4. The summed E-state index contributed by atoms with van der Waals surface area (Å²) in [5.74, 6) is -3.12. The molecule has 0 saturated heterocycles. The summed E-state index contributed by atoms with van der Waals surface area (Å²) in [7, 11) is 1.23. The lowest BCUT2D eigenvalue weighted by molar-refractivity contribution is -0.213. The highest BCUT2D eigenvalue weighted by atomic mass is 19.4. The third-order valence-corrected chi connectivity index (χ3v) is 5.07. The van der Waals surface area contributed by atoms with Gasteiger partial charge in [-0.25, -0.2) is 9.97 Å². The molecule has 1 atom stereocenters. The highest BCUT2D eigenvalue weighted by Gasteiger charge is 2.67. The number of benzene rings is 1. The Hall–Kier alpha value is -3.63. The number of rotatable bonds is 3. The zero-order valence-electron chi connectivity index (χ0n) is 16.1. The number of amides is 2. The number of methoxy groups -OCH3 is 1. The van der Waals surface area contributed by atoms with E-state index in [0.29, 0.717) is 10.1 Å². The van der Waals surface area contributed by atoms with Gasteiger partial charge in [-0.15, -0.1) is 0 Å². The van der Waals surface area contributed by atoms with E-state index in [1.165, 1.54) is 31.5 Å². The number of nitrogens with zero attached hydrogens (tertiary/aromatic N) is 3. The van der Waals surface area contributed by atoms with Crippen LogP contribution in [-0.2, 0) is 10.5 Å². The van der Waals surface area contributed by atoms with E-state index < -0.39 is 23.7 Å². The van der Waals surface area contributed by atoms with Gasteiger partial charge in [0.2, 0.25) is 11.8 Å². The Labute approximate surface area is 168 Å². The van der Waals surface area contributed by atoms with Crippen LogP contribution in [0.4, 0.5) is 19.1 Å². The van der Waals surface area contributed by atoms with Crippen LogP contribution in [0.15, 0.2) is 30.5 Å². The monoisotopic (exact) mass is 419 g/mol. The second kappa shape index (κ2) is 6.44. The van der Waals surface area contributed by atoms with Gasteiger partial charge in [-0.05, 0) is 49.2 Å². The summed E-state index contributed by atoms with van der Waals surface area (Å²) in [5, 5.41) is 4.01. The Morgan fingerprint density at radius 2 is 1.97 bits per heavy atom. The summed E-state index contributed by atoms with van der Waals surface area (Å²) in [6.45, 7) is 3.53. The lowest BCUT2D eigenvalue weighted by Gasteiger charge is -2.32. The number of hydrogen-bond acceptors (Lipinski definition) is 5. The van der Waals surface area contributed by atoms with E-state index in [0.717, 1.165) is 5.56 Å². The van der Waals surface area contributed by atoms with Crippen LogP contribution in [-0.4, -0.2) is 39.6 Å². The van der Waals surface area contributed by atoms with E-state index in [1.54, 1.807) is 19.9 Å². The normalized spacial score (nSPS) is 18.3. The molecule has 0 spiro atoms. The summed E-state index contributed by atoms with van der Waals surface area (Å²) < 4.78 is 48.9. The molecule has 1 aliphatic heterocycles. The highest BCUT2D eigenvalue weighted by Crippen LogP contribution is 2.44. The van der Waals surface area contributed by atoms with Crippen LogP contribution in [0.5, 0.6) is 5.88 Å². The fraction of sp³-hybridized carbons (Fsp3) is 0.263. The maximum Gasteiger partial charge on any atom is 0.440 e. The first-order chi connectivity index (χ1) is 14.1. The molecule has 0 saturated carbocycles. The highest BCUT2D eigenvalue weighted by molar-refractivity contribution is 6.07. The minimum atomic E-state index is -5.18. The largest absolute Gasteiger partial charge is 0.480 e. The van der Waals surface area contributed by atoms with Crippen molar-refractivity contribution in [2.45, 2.75) is 25.7 Å². The average molecular weight is 419 g/mol. The molecular weight excluding hydrogens is 403 g/mol. The molecule has 3 aromatic rings. The van der Waals surface area contributed by atoms with E-state index in [2.05, 4.69) is 15.3 Å². The van der Waals surface area contributed by atoms with Crippen LogP contribution in [0.3, 0.4) is 0 Å². The lowest BCUT2D eigenvalue weighted by atomic mass is 10.1. The Morgan fingerprint density at radius 3 is 2.63 bits per heavy atom. The Kier molecular flexibility index (Phi) is 4.22. The predicted octanol–water partition coefficient (Wildman–Crippen LogP) is 2.65. The number of aromatic nitrogens is 3. The number of pyridine rings is 1. The van der Waals surface area contributed by atoms with Gasteiger partial charge in [-0.3, -0.25) is 19.5 Å². The van der Waals surface area contributed by atoms with Gasteiger partial charge < -0.3 is 10.1 Å². The lowest BCUT2D eigenvalue weighted by Crippen LogP contribution is -2.63. The minimum Gasteiger partial charge on any atom is -0.480 e. The standard InChI is InChI=1S/C19H16F3N5O3/c1-9-7-12-13(8-10(9)2)27-17(24-12)25-16(29)18(27,19(20,21)22)26-14(28)11-5-4-6-23-15(11)30-3/h4-8H,1-3H3,(H,26,28)(H,24,25,29). The first-order valence-electron chi connectivity index (χ1n) is 8.80. The van der Waals surface area contributed by atoms with Gasteiger partial charge in [-0.2, -0.15) is 13.2 Å². The number of imidazole rings is 1. The third kappa shape index (κ3) is 2.61. The first-order valence-corrected chi connectivity index (χ1v) is 8.80. The number of carbonyl (C=O) groups is 2. The van der Waals surface area contributed by atoms with Gasteiger partial charge in [0.05, 0.1) is 18.1 Å². The fourth-order valence-electron chi connectivity index (χ4n) is 3.45. The van der Waals surface area contributed by atoms with Crippen LogP contribution in [0.1, 0.15) is 21.5 Å². The van der Waals surface area contributed by atoms with Crippen molar-refractivity contribution >= 4 is 28.8 Å². The smallest absolute Gasteiger partial charge is 0.440 e. The van der Waals surface area contributed by atoms with Crippen molar-refractivity contribution in [2.24, 2.45) is 0 Å². The molecule has 0 fully saturated rings. The number of ether oxygens (including phenoxy) is 1. The molecule has 1 unspecified atom stereocenters. The number of hydrogen-bond donors (Lipinski definition) is 2. The topological polar surface area (TPSA) is 98.1 Å². The van der Waals surface area contributed by atoms with Crippen LogP contribution >= 0.6 is 0 Å². The molecule has 11 heteroatoms. The van der Waals surface area contributed by atoms with Crippen LogP contribution in [0.25, 0.3) is 11.0 Å². The summed E-state index contributed by atoms with van der Waals surface area (Å²) in [6, 6.07) is 5.74. The van der Waals surface area contributed by atoms with Gasteiger partial charge in [0, 0.05) is 6.20 Å². The second-order valence-corrected chi connectivity index (χ2v) is 6.87. The molecule has 8 nitrogen and oxygen atoms in total. The van der Waals surface area contributed by atoms with Crippen LogP contribution in [0, 0.1) is 13.8 Å². The van der Waals surface area contributed by atoms with Crippen molar-refractivity contribution in [2.75, 3.05) is 12.4 Å². The molecule has 30 heavy (non-hydrogen) atoms. The van der Waals surface area contributed by atoms with E-state index in [4.69, 9.17) is 4.74 Å². The number of alkyl halides is 3. The second-order valence-electron chi connectivity index (χ2n) is 6.87. The number of aryl methyl sites for hydroxylation is 2. The van der Waals surface area contributed by atoms with Gasteiger partial charge in [0.1, 0.15) is 5.56 Å². The van der Waals surface area contributed by atoms with Gasteiger partial charge in [0.15, 0.2) is 0 Å². The van der Waals surface area contributed by atoms with E-state index >= 15 is 0 Å². The molecule has 1 aliphatic rings. The molecule has 2 aromatic heterocycles. The number of carbonyl (C=O) groups excluding carboxylic acids is 2. The average Bonchev–Trinajstić information content (AvgIpc) is 3.15. The van der Waals surface area contributed by atoms with Crippen LogP contribution < -0.4 is 15.4 Å². The predicted molar refractivity (Wildman–Crippen MR) is 100 cm³/mol. The zero-order chi connectivity index (χ0) is 21.8. The summed E-state index contributed by atoms with van der Waals surface area (Å²) >= 11 is 0. The molecule has 156 valence electrons. The van der Waals surface area contributed by atoms with Crippen LogP contribution in [0.2, 0.25) is 0 Å². The summed E-state index contributed by atoms with van der Waals surface area (Å²) in [5.41, 5.74) is -1.79. The van der Waals surface area contributed by atoms with Crippen molar-refractivity contribution in [3.8, 4) is 5.88 Å². The molecule has 2 N–H and O–H groups in total. The Balaban J connectivity index is 1.94. The molecular formula is C19H16F3N5O3. The Bertz CT molecular complexity index is 1200. The van der Waals surface area contributed by atoms with E-state index in [-0.39, 0.29) is 28.4 Å². The first kappa shape index (κ1) is 19.7. The summed E-state index contributed by atoms with van der Waals surface area (Å²) in [4.78, 5) is 33.4. The quantitative estimate of drug-likeness (QED) is 0.680. The van der Waals surface area contributed by atoms with Crippen molar-refractivity contribution in [3.05, 3.63) is 47.2 Å². The minimum absolute atomic E-state index is 0.0576. The van der Waals surface area contributed by atoms with E-state index in [1.807, 2.05) is 5.32 Å². The molecule has 4 rings (SSSR count). The number of anilines is 1. The molecule has 0 radical (unpaired) electrons. The Morgan fingerprint density at radius 1 is 1.27 bits per heavy atom. The molecule has 1 aromatic carbocycles. The van der Waals surface area contributed by atoms with Crippen molar-refractivity contribution in [1.29, 1.82) is 0 Å².